The Morgan fingerprint density at radius 1 is 1.14 bits per heavy atom. The van der Waals surface area contributed by atoms with Crippen LogP contribution in [0.4, 0.5) is 4.79 Å². The lowest BCUT2D eigenvalue weighted by Crippen LogP contribution is -2.61. The van der Waals surface area contributed by atoms with Crippen LogP contribution in [0.2, 0.25) is 0 Å². The minimum atomic E-state index is -3.51. The molecule has 4 N–H and O–H groups in total. The van der Waals surface area contributed by atoms with Gasteiger partial charge in [0.2, 0.25) is 27.6 Å². The summed E-state index contributed by atoms with van der Waals surface area (Å²) in [7, 11) is -2.04. The molecule has 15 heteroatoms. The number of ketones is 1. The quantitative estimate of drug-likeness (QED) is 0.195. The summed E-state index contributed by atoms with van der Waals surface area (Å²) < 4.78 is 32.1. The van der Waals surface area contributed by atoms with Crippen molar-refractivity contribution in [1.82, 2.24) is 30.5 Å². The number of nitrogens with zero attached hydrogens (tertiary/aromatic N) is 2. The van der Waals surface area contributed by atoms with Crippen molar-refractivity contribution in [3.63, 3.8) is 0 Å². The summed E-state index contributed by atoms with van der Waals surface area (Å²) in [6, 6.07) is -4.35. The number of ether oxygens (including phenoxy) is 1. The van der Waals surface area contributed by atoms with Crippen molar-refractivity contribution in [1.29, 1.82) is 0 Å². The van der Waals surface area contributed by atoms with Gasteiger partial charge in [-0.25, -0.2) is 17.5 Å². The number of amides is 5. The SMILES string of the molecule is C=CCNC(=O)C(=O)[C@@H]1CCCCCCCOC[C@H](NC(=O)N[C@H](CN(C)S(=O)(=O)CC)C(C)(C)C)C(=O)N2C[C@H]3[C@@H]([C@H]2C(=O)N1)C3(C)C. The zero-order chi connectivity index (χ0) is 36.7. The Morgan fingerprint density at radius 2 is 1.80 bits per heavy atom. The topological polar surface area (TPSA) is 183 Å². The zero-order valence-electron chi connectivity index (χ0n) is 30.3. The summed E-state index contributed by atoms with van der Waals surface area (Å²) in [5.41, 5.74) is -0.751. The number of piperidine rings is 1. The van der Waals surface area contributed by atoms with E-state index in [9.17, 15) is 32.4 Å². The first-order valence-corrected chi connectivity index (χ1v) is 19.1. The van der Waals surface area contributed by atoms with Gasteiger partial charge in [-0.15, -0.1) is 6.58 Å². The monoisotopic (exact) mass is 710 g/mol. The summed E-state index contributed by atoms with van der Waals surface area (Å²) in [6.07, 6.45) is 5.61. The molecule has 0 unspecified atom stereocenters. The van der Waals surface area contributed by atoms with Gasteiger partial charge in [-0.1, -0.05) is 66.4 Å². The lowest BCUT2D eigenvalue weighted by atomic mass is 9.87. The van der Waals surface area contributed by atoms with Crippen LogP contribution in [0.1, 0.15) is 80.1 Å². The molecule has 1 aliphatic carbocycles. The molecular weight excluding hydrogens is 652 g/mol. The Morgan fingerprint density at radius 3 is 2.43 bits per heavy atom. The fraction of sp³-hybridized carbons (Fsp3) is 0.794. The molecule has 3 fully saturated rings. The molecule has 5 amide bonds. The number of likely N-dealkylation sites (N-methyl/N-ethyl adjacent to an activating group) is 1. The first-order chi connectivity index (χ1) is 22.9. The maximum Gasteiger partial charge on any atom is 0.315 e. The summed E-state index contributed by atoms with van der Waals surface area (Å²) >= 11 is 0. The Bertz CT molecular complexity index is 1350. The molecule has 2 saturated heterocycles. The molecule has 2 aliphatic heterocycles. The van der Waals surface area contributed by atoms with Crippen molar-refractivity contribution < 1.29 is 37.1 Å². The summed E-state index contributed by atoms with van der Waals surface area (Å²) in [5, 5.41) is 11.0. The van der Waals surface area contributed by atoms with Crippen molar-refractivity contribution in [2.24, 2.45) is 22.7 Å². The summed E-state index contributed by atoms with van der Waals surface area (Å²) in [6.45, 7) is 15.5. The lowest BCUT2D eigenvalue weighted by Gasteiger charge is -2.36. The molecule has 6 atom stereocenters. The van der Waals surface area contributed by atoms with E-state index in [1.807, 2.05) is 34.6 Å². The highest BCUT2D eigenvalue weighted by Crippen LogP contribution is 2.64. The van der Waals surface area contributed by atoms with Gasteiger partial charge in [0.1, 0.15) is 12.1 Å². The highest BCUT2D eigenvalue weighted by molar-refractivity contribution is 7.89. The van der Waals surface area contributed by atoms with Crippen LogP contribution in [0.3, 0.4) is 0 Å². The van der Waals surface area contributed by atoms with E-state index < -0.39 is 69.1 Å². The molecule has 0 aromatic rings. The third-order valence-corrected chi connectivity index (χ3v) is 12.2. The molecular formula is C34H58N6O8S. The molecule has 278 valence electrons. The van der Waals surface area contributed by atoms with Gasteiger partial charge in [0.05, 0.1) is 18.4 Å². The van der Waals surface area contributed by atoms with E-state index in [4.69, 9.17) is 4.74 Å². The van der Waals surface area contributed by atoms with E-state index in [1.54, 1.807) is 6.92 Å². The van der Waals surface area contributed by atoms with Crippen LogP contribution in [0.15, 0.2) is 12.7 Å². The van der Waals surface area contributed by atoms with Gasteiger partial charge in [-0.3, -0.25) is 19.2 Å². The first kappa shape index (κ1) is 40.4. The molecule has 1 saturated carbocycles. The van der Waals surface area contributed by atoms with Gasteiger partial charge in [-0.05, 0) is 42.4 Å². The van der Waals surface area contributed by atoms with E-state index in [0.29, 0.717) is 13.0 Å². The number of rotatable bonds is 10. The lowest BCUT2D eigenvalue weighted by molar-refractivity contribution is -0.144. The van der Waals surface area contributed by atoms with E-state index in [2.05, 4.69) is 27.8 Å². The maximum atomic E-state index is 14.2. The average Bonchev–Trinajstić information content (AvgIpc) is 3.33. The van der Waals surface area contributed by atoms with Gasteiger partial charge in [-0.2, -0.15) is 0 Å². The minimum absolute atomic E-state index is 0.0283. The second kappa shape index (κ2) is 16.8. The molecule has 14 nitrogen and oxygen atoms in total. The number of fused-ring (bicyclic) bond motifs is 3. The fourth-order valence-corrected chi connectivity index (χ4v) is 7.71. The highest BCUT2D eigenvalue weighted by Gasteiger charge is 2.69. The Hall–Kier alpha value is -3.04. The highest BCUT2D eigenvalue weighted by atomic mass is 32.2. The molecule has 0 bridgehead atoms. The summed E-state index contributed by atoms with van der Waals surface area (Å²) in [4.78, 5) is 69.0. The minimum Gasteiger partial charge on any atom is -0.379 e. The van der Waals surface area contributed by atoms with Gasteiger partial charge >= 0.3 is 6.03 Å². The largest absolute Gasteiger partial charge is 0.379 e. The second-order valence-electron chi connectivity index (χ2n) is 15.2. The number of carbonyl (C=O) groups is 5. The van der Waals surface area contributed by atoms with Crippen LogP contribution in [0.5, 0.6) is 0 Å². The van der Waals surface area contributed by atoms with Crippen molar-refractivity contribution >= 4 is 39.6 Å². The van der Waals surface area contributed by atoms with Crippen LogP contribution in [0, 0.1) is 22.7 Å². The smallest absolute Gasteiger partial charge is 0.315 e. The molecule has 49 heavy (non-hydrogen) atoms. The molecule has 2 heterocycles. The molecule has 3 aliphatic rings. The third-order valence-electron chi connectivity index (χ3n) is 10.3. The van der Waals surface area contributed by atoms with E-state index >= 15 is 0 Å². The van der Waals surface area contributed by atoms with Crippen molar-refractivity contribution in [3.8, 4) is 0 Å². The first-order valence-electron chi connectivity index (χ1n) is 17.5. The number of hydrogen-bond acceptors (Lipinski definition) is 8. The van der Waals surface area contributed by atoms with Crippen LogP contribution < -0.4 is 21.3 Å². The van der Waals surface area contributed by atoms with E-state index in [0.717, 1.165) is 25.7 Å². The third kappa shape index (κ3) is 10.3. The fourth-order valence-electron chi connectivity index (χ4n) is 6.89. The molecule has 0 aromatic carbocycles. The molecule has 0 aromatic heterocycles. The normalized spacial score (nSPS) is 27.3. The maximum absolute atomic E-state index is 14.2. The number of carbonyl (C=O) groups excluding carboxylic acids is 5. The number of hydrogen-bond donors (Lipinski definition) is 4. The Balaban J connectivity index is 1.87. The zero-order valence-corrected chi connectivity index (χ0v) is 31.1. The van der Waals surface area contributed by atoms with Gasteiger partial charge in [0.25, 0.3) is 5.91 Å². The van der Waals surface area contributed by atoms with Crippen molar-refractivity contribution in [3.05, 3.63) is 12.7 Å². The number of Topliss-reactive ketones (excluding diaryl/α,β-unsaturated/α-hetero) is 1. The van der Waals surface area contributed by atoms with Crippen molar-refractivity contribution in [2.75, 3.05) is 45.6 Å². The molecule has 0 spiro atoms. The van der Waals surface area contributed by atoms with E-state index in [1.165, 1.54) is 22.3 Å². The van der Waals surface area contributed by atoms with Crippen LogP contribution in [0.25, 0.3) is 0 Å². The summed E-state index contributed by atoms with van der Waals surface area (Å²) in [5.74, 6) is -2.76. The standard InChI is InChI=1S/C34H58N6O8S/c1-9-17-35-30(43)28(41)23-16-14-12-11-13-15-18-48-21-24(31(44)40-19-22-26(34(22,6)7)27(40)29(42)36-23)37-32(45)38-25(33(3,4)5)20-39(8)49(46,47)10-2/h9,22-27H,1,10-21H2,2-8H3,(H,35,43)(H,36,42)(H2,37,38,45)/t22-,23-,24-,25+,26-,27-/m0/s1. The number of urea groups is 1. The van der Waals surface area contributed by atoms with Crippen molar-refractivity contribution in [2.45, 2.75) is 104 Å². The van der Waals surface area contributed by atoms with Crippen LogP contribution in [-0.4, -0.2) is 117 Å². The van der Waals surface area contributed by atoms with Gasteiger partial charge in [0, 0.05) is 39.3 Å². The molecule has 3 rings (SSSR count). The van der Waals surface area contributed by atoms with Gasteiger partial charge < -0.3 is 30.9 Å². The Labute approximate surface area is 291 Å². The van der Waals surface area contributed by atoms with E-state index in [-0.39, 0.29) is 55.7 Å². The predicted octanol–water partition coefficient (Wildman–Crippen LogP) is 1.56. The van der Waals surface area contributed by atoms with Crippen LogP contribution in [-0.2, 0) is 33.9 Å². The number of nitrogens with one attached hydrogen (secondary N) is 4. The molecule has 0 radical (unpaired) electrons. The number of sulfonamides is 1. The van der Waals surface area contributed by atoms with Gasteiger partial charge in [0.15, 0.2) is 0 Å². The Kier molecular flexibility index (Phi) is 13.8. The second-order valence-corrected chi connectivity index (χ2v) is 17.6. The predicted molar refractivity (Wildman–Crippen MR) is 186 cm³/mol. The van der Waals surface area contributed by atoms with Crippen LogP contribution >= 0.6 is 0 Å². The average molecular weight is 711 g/mol.